The van der Waals surface area contributed by atoms with Crippen LogP contribution >= 0.6 is 0 Å². The molecule has 0 aromatic heterocycles. The summed E-state index contributed by atoms with van der Waals surface area (Å²) in [6, 6.07) is 11.6. The van der Waals surface area contributed by atoms with E-state index in [1.807, 2.05) is 24.3 Å². The van der Waals surface area contributed by atoms with Crippen LogP contribution in [0.4, 0.5) is 0 Å². The summed E-state index contributed by atoms with van der Waals surface area (Å²) in [6.45, 7) is 2.83. The highest BCUT2D eigenvalue weighted by molar-refractivity contribution is 7.89. The Labute approximate surface area is 166 Å². The molecule has 2 aromatic rings. The van der Waals surface area contributed by atoms with Crippen LogP contribution in [0.3, 0.4) is 0 Å². The van der Waals surface area contributed by atoms with Gasteiger partial charge < -0.3 is 14.2 Å². The van der Waals surface area contributed by atoms with E-state index in [0.717, 1.165) is 30.6 Å². The van der Waals surface area contributed by atoms with Crippen molar-refractivity contribution in [3.05, 3.63) is 48.0 Å². The van der Waals surface area contributed by atoms with Gasteiger partial charge in [-0.2, -0.15) is 13.5 Å². The third kappa shape index (κ3) is 6.16. The third-order valence-corrected chi connectivity index (χ3v) is 5.17. The molecular weight excluding hydrogens is 380 g/mol. The molecule has 0 saturated heterocycles. The van der Waals surface area contributed by atoms with Gasteiger partial charge in [-0.1, -0.05) is 19.8 Å². The summed E-state index contributed by atoms with van der Waals surface area (Å²) in [5, 5.41) is 3.83. The number of hydrogen-bond donors (Lipinski definition) is 1. The minimum atomic E-state index is -3.82. The van der Waals surface area contributed by atoms with Gasteiger partial charge in [-0.3, -0.25) is 0 Å². The average Bonchev–Trinajstić information content (AvgIpc) is 2.71. The fourth-order valence-electron chi connectivity index (χ4n) is 2.40. The van der Waals surface area contributed by atoms with Gasteiger partial charge in [0.05, 0.1) is 31.9 Å². The molecule has 0 aliphatic rings. The number of methoxy groups -OCH3 is 2. The number of ether oxygens (including phenoxy) is 3. The minimum Gasteiger partial charge on any atom is -0.494 e. The number of sulfonamides is 1. The number of hydrazone groups is 1. The first-order valence-electron chi connectivity index (χ1n) is 9.00. The SMILES string of the molecule is CCCCCOc1ccc(/C=N/NS(=O)(=O)c2ccc(OC)c(OC)c2)cc1. The molecule has 0 unspecified atom stereocenters. The van der Waals surface area contributed by atoms with Crippen molar-refractivity contribution in [3.8, 4) is 17.2 Å². The highest BCUT2D eigenvalue weighted by atomic mass is 32.2. The molecule has 0 saturated carbocycles. The second-order valence-electron chi connectivity index (χ2n) is 5.99. The summed E-state index contributed by atoms with van der Waals surface area (Å²) >= 11 is 0. The molecule has 0 heterocycles. The van der Waals surface area contributed by atoms with Gasteiger partial charge in [-0.25, -0.2) is 4.83 Å². The number of nitrogens with zero attached hydrogens (tertiary/aromatic N) is 1. The first-order chi connectivity index (χ1) is 13.5. The lowest BCUT2D eigenvalue weighted by atomic mass is 10.2. The Morgan fingerprint density at radius 1 is 1.00 bits per heavy atom. The zero-order valence-corrected chi connectivity index (χ0v) is 17.2. The lowest BCUT2D eigenvalue weighted by Gasteiger charge is -2.09. The largest absolute Gasteiger partial charge is 0.494 e. The van der Waals surface area contributed by atoms with Crippen LogP contribution in [-0.2, 0) is 10.0 Å². The van der Waals surface area contributed by atoms with Crippen molar-refractivity contribution in [1.82, 2.24) is 4.83 Å². The molecular formula is C20H26N2O5S. The van der Waals surface area contributed by atoms with Crippen LogP contribution in [-0.4, -0.2) is 35.5 Å². The fraction of sp³-hybridized carbons (Fsp3) is 0.350. The summed E-state index contributed by atoms with van der Waals surface area (Å²) in [4.78, 5) is 2.22. The molecule has 0 aliphatic heterocycles. The second kappa shape index (κ2) is 10.6. The highest BCUT2D eigenvalue weighted by Crippen LogP contribution is 2.29. The van der Waals surface area contributed by atoms with Crippen molar-refractivity contribution in [1.29, 1.82) is 0 Å². The van der Waals surface area contributed by atoms with Gasteiger partial charge in [0.15, 0.2) is 11.5 Å². The molecule has 0 spiro atoms. The maximum absolute atomic E-state index is 12.4. The lowest BCUT2D eigenvalue weighted by Crippen LogP contribution is -2.18. The van der Waals surface area contributed by atoms with Crippen molar-refractivity contribution in [2.75, 3.05) is 20.8 Å². The summed E-state index contributed by atoms with van der Waals surface area (Å²) in [5.41, 5.74) is 0.746. The molecule has 0 fully saturated rings. The van der Waals surface area contributed by atoms with Crippen LogP contribution in [0.15, 0.2) is 52.5 Å². The van der Waals surface area contributed by atoms with E-state index < -0.39 is 10.0 Å². The molecule has 0 atom stereocenters. The Morgan fingerprint density at radius 2 is 1.71 bits per heavy atom. The van der Waals surface area contributed by atoms with E-state index in [0.29, 0.717) is 18.1 Å². The predicted molar refractivity (Wildman–Crippen MR) is 109 cm³/mol. The van der Waals surface area contributed by atoms with Gasteiger partial charge in [-0.05, 0) is 48.4 Å². The van der Waals surface area contributed by atoms with Crippen LogP contribution in [0.5, 0.6) is 17.2 Å². The average molecular weight is 407 g/mol. The van der Waals surface area contributed by atoms with Gasteiger partial charge >= 0.3 is 0 Å². The summed E-state index contributed by atoms with van der Waals surface area (Å²) < 4.78 is 40.6. The third-order valence-electron chi connectivity index (χ3n) is 3.95. The number of hydrogen-bond acceptors (Lipinski definition) is 6. The summed E-state index contributed by atoms with van der Waals surface area (Å²) in [7, 11) is -0.898. The van der Waals surface area contributed by atoms with Crippen LogP contribution in [0.1, 0.15) is 31.7 Å². The van der Waals surface area contributed by atoms with Crippen molar-refractivity contribution in [2.24, 2.45) is 5.10 Å². The summed E-state index contributed by atoms with van der Waals surface area (Å²) in [5.74, 6) is 1.55. The number of nitrogens with one attached hydrogen (secondary N) is 1. The molecule has 1 N–H and O–H groups in total. The molecule has 2 aromatic carbocycles. The first-order valence-corrected chi connectivity index (χ1v) is 10.5. The van der Waals surface area contributed by atoms with Crippen LogP contribution < -0.4 is 19.0 Å². The van der Waals surface area contributed by atoms with Gasteiger partial charge in [0, 0.05) is 6.07 Å². The molecule has 0 aliphatic carbocycles. The van der Waals surface area contributed by atoms with E-state index in [9.17, 15) is 8.42 Å². The maximum atomic E-state index is 12.4. The van der Waals surface area contributed by atoms with E-state index in [2.05, 4.69) is 16.9 Å². The van der Waals surface area contributed by atoms with E-state index in [4.69, 9.17) is 14.2 Å². The monoisotopic (exact) mass is 406 g/mol. The van der Waals surface area contributed by atoms with E-state index in [-0.39, 0.29) is 4.90 Å². The molecule has 0 amide bonds. The van der Waals surface area contributed by atoms with E-state index in [1.165, 1.54) is 38.6 Å². The van der Waals surface area contributed by atoms with Gasteiger partial charge in [0.1, 0.15) is 5.75 Å². The van der Waals surface area contributed by atoms with Crippen LogP contribution in [0.2, 0.25) is 0 Å². The van der Waals surface area contributed by atoms with E-state index >= 15 is 0 Å². The molecule has 7 nitrogen and oxygen atoms in total. The zero-order valence-electron chi connectivity index (χ0n) is 16.3. The predicted octanol–water partition coefficient (Wildman–Crippen LogP) is 3.59. The van der Waals surface area contributed by atoms with E-state index in [1.54, 1.807) is 0 Å². The molecule has 152 valence electrons. The van der Waals surface area contributed by atoms with Crippen molar-refractivity contribution >= 4 is 16.2 Å². The quantitative estimate of drug-likeness (QED) is 0.350. The fourth-order valence-corrected chi connectivity index (χ4v) is 3.21. The minimum absolute atomic E-state index is 0.0260. The molecule has 8 heteroatoms. The Morgan fingerprint density at radius 3 is 2.36 bits per heavy atom. The van der Waals surface area contributed by atoms with Crippen LogP contribution in [0.25, 0.3) is 0 Å². The van der Waals surface area contributed by atoms with Gasteiger partial charge in [-0.15, -0.1) is 0 Å². The van der Waals surface area contributed by atoms with Crippen molar-refractivity contribution in [2.45, 2.75) is 31.1 Å². The van der Waals surface area contributed by atoms with Crippen molar-refractivity contribution in [3.63, 3.8) is 0 Å². The number of rotatable bonds is 11. The Hall–Kier alpha value is -2.74. The Bertz CT molecular complexity index is 880. The maximum Gasteiger partial charge on any atom is 0.276 e. The molecule has 0 bridgehead atoms. The highest BCUT2D eigenvalue weighted by Gasteiger charge is 2.16. The Balaban J connectivity index is 1.97. The van der Waals surface area contributed by atoms with Gasteiger partial charge in [0.25, 0.3) is 10.0 Å². The van der Waals surface area contributed by atoms with Crippen LogP contribution in [0, 0.1) is 0 Å². The topological polar surface area (TPSA) is 86.2 Å². The lowest BCUT2D eigenvalue weighted by molar-refractivity contribution is 0.306. The van der Waals surface area contributed by atoms with Gasteiger partial charge in [0.2, 0.25) is 0 Å². The standard InChI is InChI=1S/C20H26N2O5S/c1-4-5-6-13-27-17-9-7-16(8-10-17)15-21-22-28(23,24)18-11-12-19(25-2)20(14-18)26-3/h7-12,14-15,22H,4-6,13H2,1-3H3/b21-15+. The Kier molecular flexibility index (Phi) is 8.13. The zero-order chi connectivity index (χ0) is 20.4. The normalized spacial score (nSPS) is 11.4. The first kappa shape index (κ1) is 21.6. The molecule has 0 radical (unpaired) electrons. The second-order valence-corrected chi connectivity index (χ2v) is 7.66. The summed E-state index contributed by atoms with van der Waals surface area (Å²) in [6.07, 6.45) is 4.75. The smallest absolute Gasteiger partial charge is 0.276 e. The molecule has 2 rings (SSSR count). The van der Waals surface area contributed by atoms with Crippen molar-refractivity contribution < 1.29 is 22.6 Å². The number of unbranched alkanes of at least 4 members (excludes halogenated alkanes) is 2. The molecule has 28 heavy (non-hydrogen) atoms. The number of benzene rings is 2.